The number of rotatable bonds is 6. The normalized spacial score (nSPS) is 22.8. The van der Waals surface area contributed by atoms with Gasteiger partial charge in [-0.15, -0.1) is 0 Å². The van der Waals surface area contributed by atoms with E-state index >= 15 is 0 Å². The average molecular weight is 347 g/mol. The molecule has 134 valence electrons. The number of unbranched alkanes of at least 4 members (excludes halogenated alkanes) is 1. The van der Waals surface area contributed by atoms with Crippen LogP contribution in [0.1, 0.15) is 46.4 Å². The second-order valence-corrected chi connectivity index (χ2v) is 6.18. The summed E-state index contributed by atoms with van der Waals surface area (Å²) in [5, 5.41) is 24.4. The van der Waals surface area contributed by atoms with Gasteiger partial charge < -0.3 is 20.8 Å². The number of amides is 3. The lowest BCUT2D eigenvalue weighted by Crippen LogP contribution is -2.57. The molecule has 2 heterocycles. The van der Waals surface area contributed by atoms with Crippen molar-refractivity contribution in [1.82, 2.24) is 10.2 Å². The van der Waals surface area contributed by atoms with E-state index in [0.29, 0.717) is 29.8 Å². The number of hydrogen-bond acceptors (Lipinski definition) is 6. The molecule has 2 atom stereocenters. The molecule has 0 spiro atoms. The summed E-state index contributed by atoms with van der Waals surface area (Å²) >= 11 is 0. The number of nitrogens with one attached hydrogen (secondary N) is 2. The quantitative estimate of drug-likeness (QED) is 0.427. The molecule has 0 aromatic heterocycles. The number of nitrogens with zero attached hydrogens (tertiary/aromatic N) is 1. The maximum atomic E-state index is 12.8. The van der Waals surface area contributed by atoms with Crippen molar-refractivity contribution in [1.29, 1.82) is 0 Å². The highest BCUT2D eigenvalue weighted by molar-refractivity contribution is 6.24. The fourth-order valence-corrected chi connectivity index (χ4v) is 3.25. The summed E-state index contributed by atoms with van der Waals surface area (Å²) in [6.07, 6.45) is 0.512. The highest BCUT2D eigenvalue weighted by Gasteiger charge is 2.45. The molecule has 3 amide bonds. The lowest BCUT2D eigenvalue weighted by Gasteiger charge is -2.33. The number of benzene rings is 1. The molecule has 0 bridgehead atoms. The zero-order valence-electron chi connectivity index (χ0n) is 13.7. The number of carbonyl (C=O) groups is 3. The minimum atomic E-state index is -1.26. The van der Waals surface area contributed by atoms with Gasteiger partial charge in [0.15, 0.2) is 0 Å². The van der Waals surface area contributed by atoms with Gasteiger partial charge in [0.25, 0.3) is 11.8 Å². The van der Waals surface area contributed by atoms with Gasteiger partial charge in [0.05, 0.1) is 17.2 Å². The van der Waals surface area contributed by atoms with Crippen molar-refractivity contribution in [2.24, 2.45) is 0 Å². The van der Waals surface area contributed by atoms with Crippen LogP contribution in [0.15, 0.2) is 18.2 Å². The van der Waals surface area contributed by atoms with E-state index in [1.165, 1.54) is 0 Å². The maximum Gasteiger partial charge on any atom is 0.264 e. The van der Waals surface area contributed by atoms with Crippen LogP contribution in [0.4, 0.5) is 5.69 Å². The van der Waals surface area contributed by atoms with Crippen LogP contribution in [-0.2, 0) is 4.79 Å². The van der Waals surface area contributed by atoms with E-state index in [1.54, 1.807) is 18.2 Å². The summed E-state index contributed by atoms with van der Waals surface area (Å²) in [6, 6.07) is 4.24. The van der Waals surface area contributed by atoms with E-state index in [-0.39, 0.29) is 25.4 Å². The lowest BCUT2D eigenvalue weighted by molar-refractivity contribution is -0.129. The van der Waals surface area contributed by atoms with Gasteiger partial charge >= 0.3 is 0 Å². The molecule has 1 aromatic carbocycles. The molecule has 4 N–H and O–H groups in total. The monoisotopic (exact) mass is 347 g/mol. The van der Waals surface area contributed by atoms with Crippen molar-refractivity contribution >= 4 is 23.4 Å². The second kappa shape index (κ2) is 7.20. The third-order valence-corrected chi connectivity index (χ3v) is 4.52. The van der Waals surface area contributed by atoms with Gasteiger partial charge in [0.1, 0.15) is 6.23 Å². The Morgan fingerprint density at radius 3 is 2.72 bits per heavy atom. The van der Waals surface area contributed by atoms with Crippen LogP contribution >= 0.6 is 0 Å². The average Bonchev–Trinajstić information content (AvgIpc) is 2.84. The lowest BCUT2D eigenvalue weighted by atomic mass is 10.0. The van der Waals surface area contributed by atoms with E-state index in [9.17, 15) is 19.5 Å². The molecule has 0 aliphatic carbocycles. The molecule has 1 aromatic rings. The Hall–Kier alpha value is -2.45. The smallest absolute Gasteiger partial charge is 0.264 e. The Bertz CT molecular complexity index is 706. The van der Waals surface area contributed by atoms with Crippen molar-refractivity contribution in [2.45, 2.75) is 38.0 Å². The Balaban J connectivity index is 1.83. The molecule has 1 saturated heterocycles. The van der Waals surface area contributed by atoms with Crippen molar-refractivity contribution in [2.75, 3.05) is 18.5 Å². The van der Waals surface area contributed by atoms with Crippen LogP contribution in [0.25, 0.3) is 0 Å². The second-order valence-electron chi connectivity index (χ2n) is 6.18. The van der Waals surface area contributed by atoms with Crippen molar-refractivity contribution in [3.05, 3.63) is 29.3 Å². The van der Waals surface area contributed by atoms with Crippen LogP contribution in [0.2, 0.25) is 0 Å². The van der Waals surface area contributed by atoms with Crippen LogP contribution in [0.5, 0.6) is 0 Å². The zero-order chi connectivity index (χ0) is 18.0. The Labute approximate surface area is 144 Å². The van der Waals surface area contributed by atoms with Gasteiger partial charge in [-0.05, 0) is 31.4 Å². The third kappa shape index (κ3) is 3.22. The molecule has 0 saturated carbocycles. The van der Waals surface area contributed by atoms with Gasteiger partial charge in [-0.2, -0.15) is 0 Å². The number of hydrogen-bond donors (Lipinski definition) is 4. The number of piperidine rings is 1. The molecule has 2 aliphatic rings. The number of anilines is 1. The summed E-state index contributed by atoms with van der Waals surface area (Å²) in [5.41, 5.74) is 1.15. The molecule has 8 heteroatoms. The predicted octanol–water partition coefficient (Wildman–Crippen LogP) is 0.0640. The summed E-state index contributed by atoms with van der Waals surface area (Å²) in [5.74, 6) is -1.23. The highest BCUT2D eigenvalue weighted by atomic mass is 16.3. The topological polar surface area (TPSA) is 119 Å². The molecule has 2 unspecified atom stereocenters. The summed E-state index contributed by atoms with van der Waals surface area (Å²) < 4.78 is 0. The first-order valence-electron chi connectivity index (χ1n) is 8.37. The van der Waals surface area contributed by atoms with Crippen molar-refractivity contribution in [3.63, 3.8) is 0 Å². The number of fused-ring (bicyclic) bond motifs is 1. The minimum Gasteiger partial charge on any atom is -0.396 e. The van der Waals surface area contributed by atoms with E-state index in [4.69, 9.17) is 5.11 Å². The number of carbonyl (C=O) groups excluding carboxylic acids is 3. The van der Waals surface area contributed by atoms with Gasteiger partial charge in [0, 0.05) is 25.3 Å². The summed E-state index contributed by atoms with van der Waals surface area (Å²) in [7, 11) is 0. The minimum absolute atomic E-state index is 0.102. The standard InChI is InChI=1S/C17H21N3O5/c21-9-2-1-8-18-11-5-3-4-10-14(11)17(25)20(16(10)24)12-6-7-13(22)19-15(12)23/h3-5,12,15,18,21,23H,1-2,6-9H2,(H,19,22). The first kappa shape index (κ1) is 17.4. The van der Waals surface area contributed by atoms with Gasteiger partial charge in [0.2, 0.25) is 5.91 Å². The SMILES string of the molecule is O=C1CCC(N2C(=O)c3cccc(NCCCCO)c3C2=O)C(O)N1. The maximum absolute atomic E-state index is 12.8. The highest BCUT2D eigenvalue weighted by Crippen LogP contribution is 2.32. The number of imide groups is 1. The first-order chi connectivity index (χ1) is 12.0. The largest absolute Gasteiger partial charge is 0.396 e. The molecular weight excluding hydrogens is 326 g/mol. The van der Waals surface area contributed by atoms with E-state index in [0.717, 1.165) is 11.3 Å². The fraction of sp³-hybridized carbons (Fsp3) is 0.471. The van der Waals surface area contributed by atoms with Gasteiger partial charge in [-0.3, -0.25) is 19.3 Å². The Kier molecular flexibility index (Phi) is 5.00. The van der Waals surface area contributed by atoms with Gasteiger partial charge in [-0.25, -0.2) is 0 Å². The Morgan fingerprint density at radius 1 is 1.20 bits per heavy atom. The molecule has 3 rings (SSSR count). The molecule has 2 aliphatic heterocycles. The number of aliphatic hydroxyl groups excluding tert-OH is 2. The summed E-state index contributed by atoms with van der Waals surface area (Å²) in [6.45, 7) is 0.672. The molecule has 1 fully saturated rings. The van der Waals surface area contributed by atoms with Crippen LogP contribution in [0, 0.1) is 0 Å². The number of aliphatic hydroxyl groups is 2. The molecule has 25 heavy (non-hydrogen) atoms. The van der Waals surface area contributed by atoms with Crippen LogP contribution < -0.4 is 10.6 Å². The Morgan fingerprint density at radius 2 is 2.00 bits per heavy atom. The van der Waals surface area contributed by atoms with Crippen LogP contribution in [0.3, 0.4) is 0 Å². The third-order valence-electron chi connectivity index (χ3n) is 4.52. The zero-order valence-corrected chi connectivity index (χ0v) is 13.7. The van der Waals surface area contributed by atoms with E-state index < -0.39 is 24.1 Å². The van der Waals surface area contributed by atoms with E-state index in [2.05, 4.69) is 10.6 Å². The van der Waals surface area contributed by atoms with Gasteiger partial charge in [-0.1, -0.05) is 6.07 Å². The van der Waals surface area contributed by atoms with Crippen molar-refractivity contribution < 1.29 is 24.6 Å². The predicted molar refractivity (Wildman–Crippen MR) is 88.9 cm³/mol. The van der Waals surface area contributed by atoms with Crippen molar-refractivity contribution in [3.8, 4) is 0 Å². The summed E-state index contributed by atoms with van der Waals surface area (Å²) in [4.78, 5) is 37.9. The first-order valence-corrected chi connectivity index (χ1v) is 8.37. The molecule has 0 radical (unpaired) electrons. The van der Waals surface area contributed by atoms with E-state index in [1.807, 2.05) is 0 Å². The van der Waals surface area contributed by atoms with Crippen LogP contribution in [-0.4, -0.2) is 58.3 Å². The molecular formula is C17H21N3O5. The fourth-order valence-electron chi connectivity index (χ4n) is 3.25. The molecule has 8 nitrogen and oxygen atoms in total.